The van der Waals surface area contributed by atoms with Crippen molar-refractivity contribution in [1.29, 1.82) is 0 Å². The average Bonchev–Trinajstić information content (AvgIpc) is 3.20. The van der Waals surface area contributed by atoms with E-state index in [4.69, 9.17) is 14.2 Å². The van der Waals surface area contributed by atoms with E-state index in [1.807, 2.05) is 18.2 Å². The molecule has 1 aliphatic rings. The third-order valence-corrected chi connectivity index (χ3v) is 4.38. The maximum Gasteiger partial charge on any atom is 0.253 e. The standard InChI is InChI=1S/C22H24N2O5/c1-3-4-11-27-15(2)21(25)24-18-8-6-5-7-17(18)22(26)23-13-16-9-10-19-20(12-16)29-14-28-19/h3,5-10,12,15H,1,4,11,13-14H2,2H3,(H,23,26)(H,24,25). The molecule has 0 spiro atoms. The summed E-state index contributed by atoms with van der Waals surface area (Å²) >= 11 is 0. The monoisotopic (exact) mass is 396 g/mol. The zero-order valence-corrected chi connectivity index (χ0v) is 16.3. The molecule has 1 heterocycles. The molecule has 0 radical (unpaired) electrons. The zero-order valence-electron chi connectivity index (χ0n) is 16.3. The minimum Gasteiger partial charge on any atom is -0.454 e. The minimum atomic E-state index is -0.639. The van der Waals surface area contributed by atoms with Crippen molar-refractivity contribution in [2.45, 2.75) is 26.0 Å². The van der Waals surface area contributed by atoms with Gasteiger partial charge in [-0.1, -0.05) is 24.3 Å². The van der Waals surface area contributed by atoms with Gasteiger partial charge in [-0.2, -0.15) is 0 Å². The van der Waals surface area contributed by atoms with E-state index in [-0.39, 0.29) is 18.6 Å². The molecule has 0 saturated carbocycles. The van der Waals surface area contributed by atoms with Crippen LogP contribution in [0, 0.1) is 0 Å². The molecule has 152 valence electrons. The van der Waals surface area contributed by atoms with Gasteiger partial charge >= 0.3 is 0 Å². The van der Waals surface area contributed by atoms with Gasteiger partial charge in [0, 0.05) is 6.54 Å². The minimum absolute atomic E-state index is 0.202. The molecule has 0 fully saturated rings. The molecule has 7 nitrogen and oxygen atoms in total. The first-order chi connectivity index (χ1) is 14.1. The van der Waals surface area contributed by atoms with Gasteiger partial charge in [-0.3, -0.25) is 9.59 Å². The first-order valence-electron chi connectivity index (χ1n) is 9.37. The summed E-state index contributed by atoms with van der Waals surface area (Å²) in [6.07, 6.45) is 1.75. The highest BCUT2D eigenvalue weighted by molar-refractivity contribution is 6.04. The van der Waals surface area contributed by atoms with Crippen LogP contribution in [0.5, 0.6) is 11.5 Å². The fraction of sp³-hybridized carbons (Fsp3) is 0.273. The van der Waals surface area contributed by atoms with Crippen LogP contribution in [-0.4, -0.2) is 31.3 Å². The van der Waals surface area contributed by atoms with Crippen molar-refractivity contribution in [2.75, 3.05) is 18.7 Å². The predicted molar refractivity (Wildman–Crippen MR) is 109 cm³/mol. The van der Waals surface area contributed by atoms with Crippen LogP contribution < -0.4 is 20.1 Å². The van der Waals surface area contributed by atoms with E-state index >= 15 is 0 Å². The number of benzene rings is 2. The number of hydrogen-bond acceptors (Lipinski definition) is 5. The number of fused-ring (bicyclic) bond motifs is 1. The largest absolute Gasteiger partial charge is 0.454 e. The highest BCUT2D eigenvalue weighted by Gasteiger charge is 2.18. The summed E-state index contributed by atoms with van der Waals surface area (Å²) in [5.74, 6) is 0.747. The Bertz CT molecular complexity index is 897. The van der Waals surface area contributed by atoms with Crippen LogP contribution in [0.15, 0.2) is 55.1 Å². The van der Waals surface area contributed by atoms with Crippen LogP contribution in [0.25, 0.3) is 0 Å². The van der Waals surface area contributed by atoms with Gasteiger partial charge in [-0.05, 0) is 43.2 Å². The smallest absolute Gasteiger partial charge is 0.253 e. The van der Waals surface area contributed by atoms with Gasteiger partial charge < -0.3 is 24.8 Å². The Kier molecular flexibility index (Phi) is 6.86. The summed E-state index contributed by atoms with van der Waals surface area (Å²) in [5, 5.41) is 5.63. The second kappa shape index (κ2) is 9.75. The highest BCUT2D eigenvalue weighted by atomic mass is 16.7. The quantitative estimate of drug-likeness (QED) is 0.502. The molecule has 1 aliphatic heterocycles. The van der Waals surface area contributed by atoms with Gasteiger partial charge in [0.1, 0.15) is 6.10 Å². The number of carbonyl (C=O) groups excluding carboxylic acids is 2. The molecule has 0 saturated heterocycles. The molecule has 29 heavy (non-hydrogen) atoms. The zero-order chi connectivity index (χ0) is 20.6. The van der Waals surface area contributed by atoms with Crippen LogP contribution in [-0.2, 0) is 16.1 Å². The van der Waals surface area contributed by atoms with Gasteiger partial charge in [0.2, 0.25) is 6.79 Å². The normalized spacial score (nSPS) is 12.9. The lowest BCUT2D eigenvalue weighted by Crippen LogP contribution is -2.30. The molecule has 1 atom stereocenters. The maximum absolute atomic E-state index is 12.7. The van der Waals surface area contributed by atoms with Crippen molar-refractivity contribution in [1.82, 2.24) is 5.32 Å². The molecule has 2 N–H and O–H groups in total. The average molecular weight is 396 g/mol. The van der Waals surface area contributed by atoms with Gasteiger partial charge in [0.05, 0.1) is 17.9 Å². The molecule has 3 rings (SSSR count). The van der Waals surface area contributed by atoms with E-state index in [2.05, 4.69) is 17.2 Å². The first kappa shape index (κ1) is 20.4. The number of nitrogens with one attached hydrogen (secondary N) is 2. The fourth-order valence-electron chi connectivity index (χ4n) is 2.76. The van der Waals surface area contributed by atoms with Crippen molar-refractivity contribution < 1.29 is 23.8 Å². The Morgan fingerprint density at radius 1 is 1.21 bits per heavy atom. The van der Waals surface area contributed by atoms with E-state index < -0.39 is 6.10 Å². The molecule has 2 aromatic carbocycles. The number of hydrogen-bond donors (Lipinski definition) is 2. The van der Waals surface area contributed by atoms with E-state index in [0.717, 1.165) is 5.56 Å². The summed E-state index contributed by atoms with van der Waals surface area (Å²) < 4.78 is 16.1. The van der Waals surface area contributed by atoms with Gasteiger partial charge in [0.25, 0.3) is 11.8 Å². The van der Waals surface area contributed by atoms with Crippen LogP contribution in [0.1, 0.15) is 29.3 Å². The molecule has 2 amide bonds. The molecule has 0 aromatic heterocycles. The SMILES string of the molecule is C=CCCOC(C)C(=O)Nc1ccccc1C(=O)NCc1ccc2c(c1)OCO2. The summed E-state index contributed by atoms with van der Waals surface area (Å²) in [7, 11) is 0. The van der Waals surface area contributed by atoms with Crippen LogP contribution in [0.4, 0.5) is 5.69 Å². The van der Waals surface area contributed by atoms with Crippen molar-refractivity contribution >= 4 is 17.5 Å². The lowest BCUT2D eigenvalue weighted by Gasteiger charge is -2.15. The van der Waals surface area contributed by atoms with Crippen molar-refractivity contribution in [3.8, 4) is 11.5 Å². The maximum atomic E-state index is 12.7. The van der Waals surface area contributed by atoms with E-state index in [1.165, 1.54) is 0 Å². The summed E-state index contributed by atoms with van der Waals surface area (Å²) in [5.41, 5.74) is 1.69. The molecular formula is C22H24N2O5. The Morgan fingerprint density at radius 3 is 2.83 bits per heavy atom. The summed E-state index contributed by atoms with van der Waals surface area (Å²) in [6.45, 7) is 6.22. The van der Waals surface area contributed by atoms with Crippen molar-refractivity contribution in [2.24, 2.45) is 0 Å². The van der Waals surface area contributed by atoms with Crippen molar-refractivity contribution in [3.63, 3.8) is 0 Å². The predicted octanol–water partition coefficient (Wildman–Crippen LogP) is 3.27. The van der Waals surface area contributed by atoms with Gasteiger partial charge in [-0.15, -0.1) is 6.58 Å². The van der Waals surface area contributed by atoms with E-state index in [1.54, 1.807) is 37.3 Å². The highest BCUT2D eigenvalue weighted by Crippen LogP contribution is 2.32. The number of ether oxygens (including phenoxy) is 3. The van der Waals surface area contributed by atoms with Crippen molar-refractivity contribution in [3.05, 3.63) is 66.2 Å². The topological polar surface area (TPSA) is 85.9 Å². The molecule has 2 aromatic rings. The number of carbonyl (C=O) groups is 2. The second-order valence-corrected chi connectivity index (χ2v) is 6.50. The number of anilines is 1. The summed E-state index contributed by atoms with van der Waals surface area (Å²) in [4.78, 5) is 25.0. The Morgan fingerprint density at radius 2 is 2.00 bits per heavy atom. The lowest BCUT2D eigenvalue weighted by atomic mass is 10.1. The van der Waals surface area contributed by atoms with E-state index in [0.29, 0.717) is 42.3 Å². The fourth-order valence-corrected chi connectivity index (χ4v) is 2.76. The van der Waals surface area contributed by atoms with E-state index in [9.17, 15) is 9.59 Å². The van der Waals surface area contributed by atoms with Crippen LogP contribution in [0.3, 0.4) is 0 Å². The van der Waals surface area contributed by atoms with Crippen LogP contribution in [0.2, 0.25) is 0 Å². The van der Waals surface area contributed by atoms with Gasteiger partial charge in [-0.25, -0.2) is 0 Å². The Balaban J connectivity index is 1.61. The molecule has 0 bridgehead atoms. The Hall–Kier alpha value is -3.32. The molecular weight excluding hydrogens is 372 g/mol. The first-order valence-corrected chi connectivity index (χ1v) is 9.37. The number of rotatable bonds is 9. The lowest BCUT2D eigenvalue weighted by molar-refractivity contribution is -0.126. The third kappa shape index (κ3) is 5.36. The number of amides is 2. The number of para-hydroxylation sites is 1. The second-order valence-electron chi connectivity index (χ2n) is 6.50. The molecule has 0 aliphatic carbocycles. The van der Waals surface area contributed by atoms with Crippen LogP contribution >= 0.6 is 0 Å². The molecule has 7 heteroatoms. The van der Waals surface area contributed by atoms with Gasteiger partial charge in [0.15, 0.2) is 11.5 Å². The third-order valence-electron chi connectivity index (χ3n) is 4.38. The molecule has 1 unspecified atom stereocenters. The Labute approximate surface area is 169 Å². The summed E-state index contributed by atoms with van der Waals surface area (Å²) in [6, 6.07) is 12.4.